The third kappa shape index (κ3) is 3.87. The minimum atomic E-state index is -4.64. The Morgan fingerprint density at radius 3 is 2.60 bits per heavy atom. The number of carbonyl (C=O) groups is 1. The number of aromatic nitrogens is 3. The molecule has 4 aromatic rings. The standard InChI is InChI=1S/C23H19F3N4O4S/c1-33-16-9-12-15(10-17(16)34-2)30(20-19(12)28-22-29(21(20)32)7-8-35-22)11-18(31)27-14-6-4-3-5-13(14)23(24,25)26/h3-6,9-10H,7-8,11H2,1-2H3,(H,27,31). The van der Waals surface area contributed by atoms with Crippen LogP contribution in [0.4, 0.5) is 18.9 Å². The largest absolute Gasteiger partial charge is 0.493 e. The van der Waals surface area contributed by atoms with Gasteiger partial charge in [-0.2, -0.15) is 13.2 Å². The van der Waals surface area contributed by atoms with E-state index in [-0.39, 0.29) is 16.8 Å². The van der Waals surface area contributed by atoms with E-state index < -0.39 is 24.2 Å². The van der Waals surface area contributed by atoms with E-state index in [4.69, 9.17) is 9.47 Å². The molecule has 35 heavy (non-hydrogen) atoms. The lowest BCUT2D eigenvalue weighted by atomic mass is 10.1. The number of benzene rings is 2. The van der Waals surface area contributed by atoms with Crippen molar-refractivity contribution in [1.82, 2.24) is 14.1 Å². The summed E-state index contributed by atoms with van der Waals surface area (Å²) < 4.78 is 54.0. The van der Waals surface area contributed by atoms with Crippen LogP contribution in [0.1, 0.15) is 5.56 Å². The topological polar surface area (TPSA) is 87.4 Å². The molecule has 0 saturated heterocycles. The summed E-state index contributed by atoms with van der Waals surface area (Å²) in [6.45, 7) is 0.0617. The molecule has 0 atom stereocenters. The third-order valence-electron chi connectivity index (χ3n) is 5.78. The van der Waals surface area contributed by atoms with Gasteiger partial charge in [0.15, 0.2) is 16.7 Å². The van der Waals surface area contributed by atoms with Crippen LogP contribution < -0.4 is 20.3 Å². The van der Waals surface area contributed by atoms with E-state index in [1.54, 1.807) is 12.1 Å². The molecule has 5 rings (SSSR count). The lowest BCUT2D eigenvalue weighted by Gasteiger charge is -2.14. The second-order valence-electron chi connectivity index (χ2n) is 7.80. The molecule has 1 amide bonds. The predicted molar refractivity (Wildman–Crippen MR) is 125 cm³/mol. The first-order valence-electron chi connectivity index (χ1n) is 10.5. The summed E-state index contributed by atoms with van der Waals surface area (Å²) in [4.78, 5) is 31.0. The average Bonchev–Trinajstić information content (AvgIpc) is 3.41. The van der Waals surface area contributed by atoms with Crippen LogP contribution in [0.5, 0.6) is 11.5 Å². The summed E-state index contributed by atoms with van der Waals surface area (Å²) in [5.41, 5.74) is -0.616. The Morgan fingerprint density at radius 2 is 1.89 bits per heavy atom. The molecule has 0 spiro atoms. The number of hydrogen-bond acceptors (Lipinski definition) is 6. The molecule has 2 aromatic heterocycles. The van der Waals surface area contributed by atoms with Crippen LogP contribution in [0.3, 0.4) is 0 Å². The minimum Gasteiger partial charge on any atom is -0.493 e. The maximum absolute atomic E-state index is 13.4. The van der Waals surface area contributed by atoms with E-state index in [2.05, 4.69) is 10.3 Å². The van der Waals surface area contributed by atoms with Crippen LogP contribution in [0.2, 0.25) is 0 Å². The highest BCUT2D eigenvalue weighted by molar-refractivity contribution is 7.99. The van der Waals surface area contributed by atoms with Crippen molar-refractivity contribution in [1.29, 1.82) is 0 Å². The summed E-state index contributed by atoms with van der Waals surface area (Å²) in [7, 11) is 2.93. The molecule has 1 aliphatic rings. The molecule has 0 radical (unpaired) electrons. The number of ether oxygens (including phenoxy) is 2. The van der Waals surface area contributed by atoms with E-state index in [9.17, 15) is 22.8 Å². The molecule has 182 valence electrons. The molecule has 8 nitrogen and oxygen atoms in total. The second kappa shape index (κ2) is 8.52. The number of alkyl halides is 3. The van der Waals surface area contributed by atoms with Gasteiger partial charge in [0.1, 0.15) is 17.6 Å². The molecule has 2 aromatic carbocycles. The number of carbonyl (C=O) groups excluding carboxylic acids is 1. The molecule has 0 fully saturated rings. The fourth-order valence-corrected chi connectivity index (χ4v) is 5.17. The monoisotopic (exact) mass is 504 g/mol. The normalized spacial score (nSPS) is 13.3. The van der Waals surface area contributed by atoms with Gasteiger partial charge in [-0.15, -0.1) is 0 Å². The maximum Gasteiger partial charge on any atom is 0.418 e. The zero-order valence-corrected chi connectivity index (χ0v) is 19.4. The first-order valence-corrected chi connectivity index (χ1v) is 11.5. The number of nitrogens with one attached hydrogen (secondary N) is 1. The Hall–Kier alpha value is -3.67. The van der Waals surface area contributed by atoms with Gasteiger partial charge in [-0.3, -0.25) is 14.2 Å². The number of anilines is 1. The van der Waals surface area contributed by atoms with E-state index >= 15 is 0 Å². The van der Waals surface area contributed by atoms with E-state index in [0.717, 1.165) is 6.07 Å². The molecule has 1 N–H and O–H groups in total. The van der Waals surface area contributed by atoms with Gasteiger partial charge in [0.2, 0.25) is 5.91 Å². The van der Waals surface area contributed by atoms with Crippen LogP contribution in [-0.2, 0) is 24.1 Å². The van der Waals surface area contributed by atoms with Gasteiger partial charge >= 0.3 is 6.18 Å². The summed E-state index contributed by atoms with van der Waals surface area (Å²) in [5.74, 6) is 0.750. The first-order chi connectivity index (χ1) is 16.7. The summed E-state index contributed by atoms with van der Waals surface area (Å²) in [6, 6.07) is 8.02. The van der Waals surface area contributed by atoms with Crippen molar-refractivity contribution in [3.05, 3.63) is 52.3 Å². The highest BCUT2D eigenvalue weighted by Crippen LogP contribution is 2.38. The number of nitrogens with zero attached hydrogens (tertiary/aromatic N) is 3. The van der Waals surface area contributed by atoms with Gasteiger partial charge < -0.3 is 19.4 Å². The van der Waals surface area contributed by atoms with Crippen molar-refractivity contribution in [3.63, 3.8) is 0 Å². The number of fused-ring (bicyclic) bond motifs is 4. The van der Waals surface area contributed by atoms with Crippen molar-refractivity contribution in [2.75, 3.05) is 25.3 Å². The van der Waals surface area contributed by atoms with Gasteiger partial charge in [-0.1, -0.05) is 23.9 Å². The Kier molecular flexibility index (Phi) is 5.62. The van der Waals surface area contributed by atoms with Crippen LogP contribution in [0.25, 0.3) is 21.9 Å². The quantitative estimate of drug-likeness (QED) is 0.412. The Labute approximate surface area is 200 Å². The van der Waals surface area contributed by atoms with Crippen LogP contribution in [-0.4, -0.2) is 40.0 Å². The second-order valence-corrected chi connectivity index (χ2v) is 8.86. The molecular formula is C23H19F3N4O4S. The van der Waals surface area contributed by atoms with Crippen molar-refractivity contribution < 1.29 is 27.4 Å². The Morgan fingerprint density at radius 1 is 1.17 bits per heavy atom. The first kappa shape index (κ1) is 23.1. The number of para-hydroxylation sites is 1. The lowest BCUT2D eigenvalue weighted by Crippen LogP contribution is -2.25. The van der Waals surface area contributed by atoms with Crippen molar-refractivity contribution in [2.45, 2.75) is 24.4 Å². The molecule has 0 unspecified atom stereocenters. The molecule has 0 bridgehead atoms. The van der Waals surface area contributed by atoms with Gasteiger partial charge in [-0.05, 0) is 18.2 Å². The van der Waals surface area contributed by atoms with Crippen LogP contribution >= 0.6 is 11.8 Å². The average molecular weight is 504 g/mol. The highest BCUT2D eigenvalue weighted by atomic mass is 32.2. The van der Waals surface area contributed by atoms with Crippen molar-refractivity contribution in [2.24, 2.45) is 0 Å². The fourth-order valence-electron chi connectivity index (χ4n) is 4.23. The third-order valence-corrected chi connectivity index (χ3v) is 6.74. The number of halogens is 3. The molecule has 0 saturated carbocycles. The summed E-state index contributed by atoms with van der Waals surface area (Å²) >= 11 is 1.45. The van der Waals surface area contributed by atoms with Gasteiger partial charge in [-0.25, -0.2) is 4.98 Å². The number of amides is 1. The molecule has 3 heterocycles. The maximum atomic E-state index is 13.4. The zero-order chi connectivity index (χ0) is 24.9. The van der Waals surface area contributed by atoms with Crippen molar-refractivity contribution >= 4 is 45.3 Å². The Bertz CT molecular complexity index is 1540. The number of thioether (sulfide) groups is 1. The highest BCUT2D eigenvalue weighted by Gasteiger charge is 2.33. The zero-order valence-electron chi connectivity index (χ0n) is 18.6. The molecule has 12 heteroatoms. The SMILES string of the molecule is COc1cc2c3nc4n(c(=O)c3n(CC(=O)Nc3ccccc3C(F)(F)F)c2cc1OC)CCS4. The van der Waals surface area contributed by atoms with Gasteiger partial charge in [0.25, 0.3) is 5.56 Å². The summed E-state index contributed by atoms with van der Waals surface area (Å²) in [5, 5.41) is 3.47. The van der Waals surface area contributed by atoms with Crippen molar-refractivity contribution in [3.8, 4) is 11.5 Å². The number of hydrogen-bond donors (Lipinski definition) is 1. The van der Waals surface area contributed by atoms with E-state index in [0.29, 0.717) is 45.4 Å². The molecule has 0 aliphatic carbocycles. The molecular weight excluding hydrogens is 485 g/mol. The van der Waals surface area contributed by atoms with E-state index in [1.165, 1.54) is 53.3 Å². The van der Waals surface area contributed by atoms with E-state index in [1.807, 2.05) is 0 Å². The summed E-state index contributed by atoms with van der Waals surface area (Å²) in [6.07, 6.45) is -4.64. The fraction of sp³-hybridized carbons (Fsp3) is 0.261. The number of methoxy groups -OCH3 is 2. The van der Waals surface area contributed by atoms with Gasteiger partial charge in [0.05, 0.1) is 31.0 Å². The number of rotatable bonds is 5. The smallest absolute Gasteiger partial charge is 0.418 e. The predicted octanol–water partition coefficient (Wildman–Crippen LogP) is 4.13. The lowest BCUT2D eigenvalue weighted by molar-refractivity contribution is -0.137. The minimum absolute atomic E-state index is 0.181. The van der Waals surface area contributed by atoms with Crippen LogP contribution in [0.15, 0.2) is 46.3 Å². The van der Waals surface area contributed by atoms with Gasteiger partial charge in [0, 0.05) is 23.8 Å². The van der Waals surface area contributed by atoms with Crippen LogP contribution in [0, 0.1) is 0 Å². The molecule has 1 aliphatic heterocycles. The Balaban J connectivity index is 1.67.